The predicted molar refractivity (Wildman–Crippen MR) is 106 cm³/mol. The van der Waals surface area contributed by atoms with E-state index in [2.05, 4.69) is 55.4 Å². The average Bonchev–Trinajstić information content (AvgIpc) is 2.59. The normalized spacial score (nSPS) is 24.0. The highest BCUT2D eigenvalue weighted by atomic mass is 17.3. The second-order valence-electron chi connectivity index (χ2n) is 9.53. The van der Waals surface area contributed by atoms with Crippen molar-refractivity contribution in [3.8, 4) is 0 Å². The van der Waals surface area contributed by atoms with E-state index in [9.17, 15) is 0 Å². The van der Waals surface area contributed by atoms with Crippen molar-refractivity contribution in [2.75, 3.05) is 0 Å². The molecule has 0 aliphatic heterocycles. The van der Waals surface area contributed by atoms with E-state index in [-0.39, 0.29) is 17.1 Å². The van der Waals surface area contributed by atoms with Gasteiger partial charge in [0.15, 0.2) is 0 Å². The molecule has 0 aromatic carbocycles. The highest BCUT2D eigenvalue weighted by Crippen LogP contribution is 2.43. The van der Waals surface area contributed by atoms with Gasteiger partial charge in [-0.25, -0.2) is 9.78 Å². The van der Waals surface area contributed by atoms with Crippen LogP contribution in [-0.4, -0.2) is 17.0 Å². The van der Waals surface area contributed by atoms with Crippen molar-refractivity contribution >= 4 is 0 Å². The Labute approximate surface area is 162 Å². The zero-order valence-electron chi connectivity index (χ0n) is 18.7. The van der Waals surface area contributed by atoms with Crippen LogP contribution in [0, 0.1) is 11.8 Å². The molecule has 4 heteroatoms. The van der Waals surface area contributed by atoms with Crippen LogP contribution in [0.25, 0.3) is 0 Å². The topological polar surface area (TPSA) is 36.9 Å². The van der Waals surface area contributed by atoms with Gasteiger partial charge in [0.05, 0.1) is 11.2 Å². The predicted octanol–water partition coefficient (Wildman–Crippen LogP) is 6.97. The first-order valence-corrected chi connectivity index (χ1v) is 10.8. The van der Waals surface area contributed by atoms with Crippen LogP contribution in [0.2, 0.25) is 0 Å². The molecule has 1 saturated carbocycles. The number of rotatable bonds is 12. The molecule has 0 bridgehead atoms. The Morgan fingerprint density at radius 2 is 1.31 bits per heavy atom. The monoisotopic (exact) mass is 372 g/mol. The van der Waals surface area contributed by atoms with Gasteiger partial charge in [-0.1, -0.05) is 59.8 Å². The van der Waals surface area contributed by atoms with E-state index in [0.717, 1.165) is 51.4 Å². The van der Waals surface area contributed by atoms with E-state index in [1.165, 1.54) is 6.42 Å². The van der Waals surface area contributed by atoms with Crippen LogP contribution in [-0.2, 0) is 19.6 Å². The minimum absolute atomic E-state index is 0.209. The molecule has 1 aliphatic rings. The van der Waals surface area contributed by atoms with Crippen LogP contribution >= 0.6 is 0 Å². The first kappa shape index (κ1) is 23.9. The van der Waals surface area contributed by atoms with Crippen molar-refractivity contribution in [1.82, 2.24) is 0 Å². The first-order chi connectivity index (χ1) is 12.1. The van der Waals surface area contributed by atoms with Gasteiger partial charge in [0.2, 0.25) is 5.79 Å². The van der Waals surface area contributed by atoms with Gasteiger partial charge in [0, 0.05) is 12.3 Å². The Morgan fingerprint density at radius 3 is 1.73 bits per heavy atom. The number of hydrogen-bond acceptors (Lipinski definition) is 4. The summed E-state index contributed by atoms with van der Waals surface area (Å²) < 4.78 is 0. The largest absolute Gasteiger partial charge is 0.236 e. The lowest BCUT2D eigenvalue weighted by Gasteiger charge is -2.44. The molecule has 1 fully saturated rings. The molecule has 2 unspecified atom stereocenters. The maximum absolute atomic E-state index is 6.07. The zero-order chi connectivity index (χ0) is 19.8. The van der Waals surface area contributed by atoms with Crippen molar-refractivity contribution in [2.24, 2.45) is 11.8 Å². The molecule has 0 spiro atoms. The quantitative estimate of drug-likeness (QED) is 0.210. The second kappa shape index (κ2) is 10.4. The lowest BCUT2D eigenvalue weighted by Crippen LogP contribution is -2.50. The van der Waals surface area contributed by atoms with Gasteiger partial charge in [-0.05, 0) is 52.9 Å². The third-order valence-corrected chi connectivity index (χ3v) is 5.81. The average molecular weight is 373 g/mol. The summed E-state index contributed by atoms with van der Waals surface area (Å²) in [6.07, 6.45) is 9.52. The zero-order valence-corrected chi connectivity index (χ0v) is 18.7. The maximum Gasteiger partial charge on any atom is 0.236 e. The van der Waals surface area contributed by atoms with Crippen LogP contribution < -0.4 is 0 Å². The molecule has 0 N–H and O–H groups in total. The van der Waals surface area contributed by atoms with Gasteiger partial charge in [0.25, 0.3) is 0 Å². The van der Waals surface area contributed by atoms with Crippen LogP contribution in [0.4, 0.5) is 0 Å². The summed E-state index contributed by atoms with van der Waals surface area (Å²) in [4.78, 5) is 24.0. The van der Waals surface area contributed by atoms with Crippen LogP contribution in [0.3, 0.4) is 0 Å². The molecule has 0 radical (unpaired) electrons. The Morgan fingerprint density at radius 1 is 0.846 bits per heavy atom. The molecule has 0 saturated heterocycles. The Bertz CT molecular complexity index is 368. The standard InChI is InChI=1S/C22H44O4/c1-9-11-15-20(5,6)23-25-22(17-13-14-18(3)19(22)4)26-24-21(7,8)16-12-10-2/h18-19H,9-17H2,1-8H3. The van der Waals surface area contributed by atoms with E-state index in [1.54, 1.807) is 0 Å². The van der Waals surface area contributed by atoms with Crippen LogP contribution in [0.15, 0.2) is 0 Å². The van der Waals surface area contributed by atoms with Crippen molar-refractivity contribution in [3.05, 3.63) is 0 Å². The minimum Gasteiger partial charge on any atom is -0.228 e. The van der Waals surface area contributed by atoms with E-state index >= 15 is 0 Å². The van der Waals surface area contributed by atoms with Gasteiger partial charge in [-0.3, -0.25) is 0 Å². The summed E-state index contributed by atoms with van der Waals surface area (Å²) >= 11 is 0. The highest BCUT2D eigenvalue weighted by Gasteiger charge is 2.48. The molecule has 0 heterocycles. The summed E-state index contributed by atoms with van der Waals surface area (Å²) in [5.41, 5.74) is -0.658. The molecule has 1 rings (SSSR count). The lowest BCUT2D eigenvalue weighted by atomic mass is 9.77. The van der Waals surface area contributed by atoms with Gasteiger partial charge in [-0.15, -0.1) is 0 Å². The fourth-order valence-electron chi connectivity index (χ4n) is 3.49. The Kier molecular flexibility index (Phi) is 9.55. The summed E-state index contributed by atoms with van der Waals surface area (Å²) in [6.45, 7) is 17.2. The molecule has 0 amide bonds. The van der Waals surface area contributed by atoms with Crippen LogP contribution in [0.5, 0.6) is 0 Å². The molecule has 26 heavy (non-hydrogen) atoms. The molecule has 1 aliphatic carbocycles. The van der Waals surface area contributed by atoms with Crippen molar-refractivity contribution in [3.63, 3.8) is 0 Å². The van der Waals surface area contributed by atoms with Gasteiger partial charge >= 0.3 is 0 Å². The summed E-state index contributed by atoms with van der Waals surface area (Å²) in [6, 6.07) is 0. The second-order valence-corrected chi connectivity index (χ2v) is 9.53. The molecule has 156 valence electrons. The Hall–Kier alpha value is -0.160. The summed E-state index contributed by atoms with van der Waals surface area (Å²) in [5, 5.41) is 0. The minimum atomic E-state index is -0.829. The third kappa shape index (κ3) is 7.46. The SMILES string of the molecule is CCCCC(C)(C)OOC1(OOC(C)(C)CCCC)CCCC(C)C1C. The first-order valence-electron chi connectivity index (χ1n) is 10.8. The number of unbranched alkanes of at least 4 members (excludes halogenated alkanes) is 2. The van der Waals surface area contributed by atoms with E-state index in [4.69, 9.17) is 19.6 Å². The molecule has 4 nitrogen and oxygen atoms in total. The fraction of sp³-hybridized carbons (Fsp3) is 1.00. The van der Waals surface area contributed by atoms with Gasteiger partial charge in [0.1, 0.15) is 0 Å². The molecular weight excluding hydrogens is 328 g/mol. The molecule has 0 aromatic heterocycles. The van der Waals surface area contributed by atoms with Crippen molar-refractivity contribution < 1.29 is 19.6 Å². The van der Waals surface area contributed by atoms with Gasteiger partial charge < -0.3 is 0 Å². The summed E-state index contributed by atoms with van der Waals surface area (Å²) in [7, 11) is 0. The van der Waals surface area contributed by atoms with E-state index in [0.29, 0.717) is 5.92 Å². The van der Waals surface area contributed by atoms with Crippen LogP contribution in [0.1, 0.15) is 113 Å². The molecular formula is C22H44O4. The van der Waals surface area contributed by atoms with Crippen molar-refractivity contribution in [1.29, 1.82) is 0 Å². The fourth-order valence-corrected chi connectivity index (χ4v) is 3.49. The number of hydrogen-bond donors (Lipinski definition) is 0. The Balaban J connectivity index is 2.80. The highest BCUT2D eigenvalue weighted by molar-refractivity contribution is 4.84. The van der Waals surface area contributed by atoms with Gasteiger partial charge in [-0.2, -0.15) is 9.78 Å². The maximum atomic E-state index is 6.07. The lowest BCUT2D eigenvalue weighted by molar-refractivity contribution is -0.559. The third-order valence-electron chi connectivity index (χ3n) is 5.81. The molecule has 2 atom stereocenters. The van der Waals surface area contributed by atoms with E-state index < -0.39 is 5.79 Å². The smallest absolute Gasteiger partial charge is 0.228 e. The van der Waals surface area contributed by atoms with Crippen molar-refractivity contribution in [2.45, 2.75) is 130 Å². The summed E-state index contributed by atoms with van der Waals surface area (Å²) in [5.74, 6) is -0.112. The van der Waals surface area contributed by atoms with E-state index in [1.807, 2.05) is 0 Å². The molecule has 0 aromatic rings.